The Bertz CT molecular complexity index is 1050. The van der Waals surface area contributed by atoms with Crippen LogP contribution >= 0.6 is 15.9 Å². The van der Waals surface area contributed by atoms with Crippen molar-refractivity contribution < 1.29 is 9.47 Å². The Labute approximate surface area is 167 Å². The minimum absolute atomic E-state index is 0.493. The number of ether oxygens (including phenoxy) is 2. The molecule has 0 aliphatic heterocycles. The number of imidazole rings is 1. The van der Waals surface area contributed by atoms with E-state index in [2.05, 4.69) is 27.0 Å². The summed E-state index contributed by atoms with van der Waals surface area (Å²) in [5, 5.41) is 9.79. The molecule has 5 nitrogen and oxygen atoms in total. The number of nitriles is 1. The van der Waals surface area contributed by atoms with Crippen LogP contribution in [0.4, 0.5) is 0 Å². The van der Waals surface area contributed by atoms with Crippen LogP contribution in [0.2, 0.25) is 0 Å². The Kier molecular flexibility index (Phi) is 5.82. The van der Waals surface area contributed by atoms with Crippen molar-refractivity contribution in [1.82, 2.24) is 9.55 Å². The Hall–Kier alpha value is -2.78. The van der Waals surface area contributed by atoms with Crippen molar-refractivity contribution in [2.75, 3.05) is 13.7 Å². The molecular weight excluding hydrogens is 406 g/mol. The maximum absolute atomic E-state index is 9.79. The first-order chi connectivity index (χ1) is 13.1. The molecule has 0 amide bonds. The molecule has 0 radical (unpaired) electrons. The Morgan fingerprint density at radius 2 is 2.07 bits per heavy atom. The van der Waals surface area contributed by atoms with Gasteiger partial charge in [0.15, 0.2) is 17.3 Å². The summed E-state index contributed by atoms with van der Waals surface area (Å²) in [7, 11) is 1.60. The Morgan fingerprint density at radius 3 is 2.74 bits per heavy atom. The first-order valence-electron chi connectivity index (χ1n) is 8.70. The van der Waals surface area contributed by atoms with E-state index >= 15 is 0 Å². The Balaban J connectivity index is 2.14. The van der Waals surface area contributed by atoms with Crippen LogP contribution < -0.4 is 9.47 Å². The summed E-state index contributed by atoms with van der Waals surface area (Å²) in [5.41, 5.74) is 3.22. The van der Waals surface area contributed by atoms with Gasteiger partial charge in [-0.05, 0) is 65.7 Å². The molecule has 0 bridgehead atoms. The van der Waals surface area contributed by atoms with Crippen LogP contribution in [-0.2, 0) is 6.54 Å². The van der Waals surface area contributed by atoms with E-state index < -0.39 is 0 Å². The topological polar surface area (TPSA) is 60.1 Å². The zero-order valence-corrected chi connectivity index (χ0v) is 17.1. The van der Waals surface area contributed by atoms with Crippen molar-refractivity contribution >= 4 is 38.6 Å². The van der Waals surface area contributed by atoms with Crippen LogP contribution in [0.25, 0.3) is 22.7 Å². The summed E-state index contributed by atoms with van der Waals surface area (Å²) in [6, 6.07) is 14.0. The van der Waals surface area contributed by atoms with Crippen molar-refractivity contribution in [2.45, 2.75) is 20.4 Å². The zero-order valence-electron chi connectivity index (χ0n) is 15.5. The second-order valence-electron chi connectivity index (χ2n) is 5.81. The maximum Gasteiger partial charge on any atom is 0.174 e. The zero-order chi connectivity index (χ0) is 19.4. The van der Waals surface area contributed by atoms with Gasteiger partial charge in [0.25, 0.3) is 0 Å². The largest absolute Gasteiger partial charge is 0.492 e. The highest BCUT2D eigenvalue weighted by atomic mass is 79.9. The molecule has 0 saturated carbocycles. The molecule has 138 valence electrons. The summed E-state index contributed by atoms with van der Waals surface area (Å²) < 4.78 is 13.9. The van der Waals surface area contributed by atoms with Crippen LogP contribution in [0.15, 0.2) is 40.9 Å². The van der Waals surface area contributed by atoms with Crippen LogP contribution in [0, 0.1) is 11.3 Å². The number of rotatable bonds is 6. The molecule has 3 aromatic rings. The molecule has 0 aliphatic rings. The molecule has 1 heterocycles. The van der Waals surface area contributed by atoms with Crippen LogP contribution in [0.1, 0.15) is 25.2 Å². The molecule has 1 aromatic heterocycles. The van der Waals surface area contributed by atoms with E-state index in [1.807, 2.05) is 60.9 Å². The predicted octanol–water partition coefficient (Wildman–Crippen LogP) is 5.29. The lowest BCUT2D eigenvalue weighted by Crippen LogP contribution is -2.00. The number of methoxy groups -OCH3 is 1. The maximum atomic E-state index is 9.79. The molecule has 0 unspecified atom stereocenters. The number of allylic oxidation sites excluding steroid dienone is 1. The van der Waals surface area contributed by atoms with Gasteiger partial charge in [0.05, 0.1) is 34.8 Å². The van der Waals surface area contributed by atoms with Gasteiger partial charge in [0.1, 0.15) is 6.07 Å². The number of hydrogen-bond donors (Lipinski definition) is 0. The van der Waals surface area contributed by atoms with Gasteiger partial charge >= 0.3 is 0 Å². The highest BCUT2D eigenvalue weighted by molar-refractivity contribution is 9.10. The van der Waals surface area contributed by atoms with Crippen molar-refractivity contribution in [3.8, 4) is 17.6 Å². The molecular formula is C21H20BrN3O2. The number of halogens is 1. The monoisotopic (exact) mass is 425 g/mol. The smallest absolute Gasteiger partial charge is 0.174 e. The molecule has 0 aliphatic carbocycles. The summed E-state index contributed by atoms with van der Waals surface area (Å²) in [5.74, 6) is 1.92. The van der Waals surface area contributed by atoms with Gasteiger partial charge in [-0.25, -0.2) is 4.98 Å². The third-order valence-electron chi connectivity index (χ3n) is 4.18. The highest BCUT2D eigenvalue weighted by Gasteiger charge is 2.15. The van der Waals surface area contributed by atoms with Crippen molar-refractivity contribution in [3.05, 3.63) is 52.3 Å². The normalized spacial score (nSPS) is 11.4. The lowest BCUT2D eigenvalue weighted by atomic mass is 10.1. The highest BCUT2D eigenvalue weighted by Crippen LogP contribution is 2.37. The third kappa shape index (κ3) is 3.69. The number of para-hydroxylation sites is 2. The van der Waals surface area contributed by atoms with Gasteiger partial charge in [0, 0.05) is 6.54 Å². The number of nitrogens with zero attached hydrogens (tertiary/aromatic N) is 3. The fourth-order valence-electron chi connectivity index (χ4n) is 3.05. The first-order valence-corrected chi connectivity index (χ1v) is 9.50. The van der Waals surface area contributed by atoms with Gasteiger partial charge in [-0.3, -0.25) is 0 Å². The number of benzene rings is 2. The minimum atomic E-state index is 0.493. The van der Waals surface area contributed by atoms with Gasteiger partial charge in [0.2, 0.25) is 0 Å². The quantitative estimate of drug-likeness (QED) is 0.503. The van der Waals surface area contributed by atoms with E-state index in [0.717, 1.165) is 27.6 Å². The molecule has 0 fully saturated rings. The molecule has 3 rings (SSSR count). The second-order valence-corrected chi connectivity index (χ2v) is 6.66. The molecule has 2 aromatic carbocycles. The van der Waals surface area contributed by atoms with Gasteiger partial charge < -0.3 is 14.0 Å². The number of aromatic nitrogens is 2. The molecule has 0 spiro atoms. The van der Waals surface area contributed by atoms with E-state index in [1.54, 1.807) is 7.11 Å². The van der Waals surface area contributed by atoms with Crippen LogP contribution in [0.5, 0.6) is 11.5 Å². The first kappa shape index (κ1) is 19.0. The molecule has 0 saturated heterocycles. The van der Waals surface area contributed by atoms with Crippen molar-refractivity contribution in [3.63, 3.8) is 0 Å². The van der Waals surface area contributed by atoms with E-state index in [4.69, 9.17) is 9.47 Å². The average molecular weight is 426 g/mol. The number of fused-ring (bicyclic) bond motifs is 1. The summed E-state index contributed by atoms with van der Waals surface area (Å²) in [4.78, 5) is 4.67. The molecule has 27 heavy (non-hydrogen) atoms. The number of aryl methyl sites for hydroxylation is 1. The number of hydrogen-bond acceptors (Lipinski definition) is 4. The summed E-state index contributed by atoms with van der Waals surface area (Å²) in [6.45, 7) is 5.21. The fourth-order valence-corrected chi connectivity index (χ4v) is 3.67. The SMILES string of the molecule is CCOc1cc(/C=C(/C#N)c2nc3ccccc3n2CC)cc(Br)c1OC. The van der Waals surface area contributed by atoms with E-state index in [0.29, 0.717) is 29.5 Å². The fraction of sp³-hybridized carbons (Fsp3) is 0.238. The minimum Gasteiger partial charge on any atom is -0.492 e. The molecule has 0 N–H and O–H groups in total. The second kappa shape index (κ2) is 8.28. The van der Waals surface area contributed by atoms with E-state index in [-0.39, 0.29) is 0 Å². The lowest BCUT2D eigenvalue weighted by molar-refractivity contribution is 0.310. The average Bonchev–Trinajstić information content (AvgIpc) is 3.04. The van der Waals surface area contributed by atoms with Gasteiger partial charge in [-0.15, -0.1) is 0 Å². The summed E-state index contributed by atoms with van der Waals surface area (Å²) in [6.07, 6.45) is 1.82. The summed E-state index contributed by atoms with van der Waals surface area (Å²) >= 11 is 3.51. The Morgan fingerprint density at radius 1 is 1.30 bits per heavy atom. The standard InChI is InChI=1S/C21H20BrN3O2/c1-4-25-18-9-7-6-8-17(18)24-21(25)15(13-23)10-14-11-16(22)20(26-3)19(12-14)27-5-2/h6-12H,4-5H2,1-3H3/b15-10-. The molecule has 0 atom stereocenters. The van der Waals surface area contributed by atoms with Gasteiger partial charge in [-0.1, -0.05) is 12.1 Å². The lowest BCUT2D eigenvalue weighted by Gasteiger charge is -2.12. The van der Waals surface area contributed by atoms with Crippen LogP contribution in [0.3, 0.4) is 0 Å². The van der Waals surface area contributed by atoms with Gasteiger partial charge in [-0.2, -0.15) is 5.26 Å². The molecule has 6 heteroatoms. The van der Waals surface area contributed by atoms with Crippen LogP contribution in [-0.4, -0.2) is 23.3 Å². The van der Waals surface area contributed by atoms with E-state index in [1.165, 1.54) is 0 Å². The van der Waals surface area contributed by atoms with E-state index in [9.17, 15) is 5.26 Å². The predicted molar refractivity (Wildman–Crippen MR) is 111 cm³/mol. The van der Waals surface area contributed by atoms with Crippen molar-refractivity contribution in [2.24, 2.45) is 0 Å². The third-order valence-corrected chi connectivity index (χ3v) is 4.77. The van der Waals surface area contributed by atoms with Crippen molar-refractivity contribution in [1.29, 1.82) is 5.26 Å².